The topological polar surface area (TPSA) is 38.8 Å². The molecule has 0 spiro atoms. The van der Waals surface area contributed by atoms with Gasteiger partial charge in [-0.15, -0.1) is 0 Å². The van der Waals surface area contributed by atoms with Crippen LogP contribution in [0, 0.1) is 0 Å². The molecule has 1 heterocycles. The molecule has 92 valence electrons. The van der Waals surface area contributed by atoms with Gasteiger partial charge in [-0.1, -0.05) is 26.5 Å². The van der Waals surface area contributed by atoms with Gasteiger partial charge in [0.2, 0.25) is 0 Å². The van der Waals surface area contributed by atoms with Gasteiger partial charge in [0.05, 0.1) is 6.10 Å². The molecule has 1 amide bonds. The van der Waals surface area contributed by atoms with Crippen molar-refractivity contribution in [2.24, 2.45) is 0 Å². The van der Waals surface area contributed by atoms with Crippen molar-refractivity contribution in [2.75, 3.05) is 34.4 Å². The monoisotopic (exact) mass is 237 g/mol. The van der Waals surface area contributed by atoms with Crippen molar-refractivity contribution in [3.63, 3.8) is 0 Å². The zero-order valence-electron chi connectivity index (χ0n) is 10.3. The molecule has 1 unspecified atom stereocenters. The number of rotatable bonds is 1. The van der Waals surface area contributed by atoms with Gasteiger partial charge < -0.3 is 14.4 Å². The van der Waals surface area contributed by atoms with Crippen molar-refractivity contribution in [2.45, 2.75) is 26.4 Å². The lowest BCUT2D eigenvalue weighted by Gasteiger charge is -2.11. The first kappa shape index (κ1) is 17.1. The van der Waals surface area contributed by atoms with Crippen molar-refractivity contribution in [3.05, 3.63) is 0 Å². The maximum absolute atomic E-state index is 10.6. The second-order valence-corrected chi connectivity index (χ2v) is 3.17. The molecule has 1 aliphatic heterocycles. The molecule has 5 heteroatoms. The number of hydrogen-bond donors (Lipinski definition) is 1. The van der Waals surface area contributed by atoms with Crippen LogP contribution in [0.1, 0.15) is 20.3 Å². The Kier molecular flexibility index (Phi) is 13.5. The number of ether oxygens (including phenoxy) is 2. The average Bonchev–Trinajstić information content (AvgIpc) is 2.70. The molecule has 1 rings (SSSR count). The van der Waals surface area contributed by atoms with E-state index in [0.29, 0.717) is 6.54 Å². The summed E-state index contributed by atoms with van der Waals surface area (Å²) < 4.78 is 9.31. The lowest BCUT2D eigenvalue weighted by atomic mass is 10.3. The van der Waals surface area contributed by atoms with E-state index >= 15 is 0 Å². The lowest BCUT2D eigenvalue weighted by Crippen LogP contribution is -2.24. The Morgan fingerprint density at radius 2 is 1.80 bits per heavy atom. The summed E-state index contributed by atoms with van der Waals surface area (Å²) in [6, 6.07) is 0. The molecule has 0 radical (unpaired) electrons. The van der Waals surface area contributed by atoms with Crippen LogP contribution < -0.4 is 0 Å². The van der Waals surface area contributed by atoms with Gasteiger partial charge in [0.25, 0.3) is 5.24 Å². The molecule has 1 aliphatic rings. The van der Waals surface area contributed by atoms with E-state index in [1.165, 1.54) is 0 Å². The van der Waals surface area contributed by atoms with Crippen LogP contribution in [0.3, 0.4) is 0 Å². The van der Waals surface area contributed by atoms with E-state index in [1.54, 1.807) is 26.2 Å². The molecule has 0 aromatic heterocycles. The minimum atomic E-state index is -0.153. The molecule has 0 aliphatic carbocycles. The first-order valence-electron chi connectivity index (χ1n) is 5.06. The number of carbonyl (C=O) groups is 1. The summed E-state index contributed by atoms with van der Waals surface area (Å²) in [6.07, 6.45) is 1.15. The Morgan fingerprint density at radius 1 is 1.33 bits per heavy atom. The van der Waals surface area contributed by atoms with Crippen LogP contribution in [0.4, 0.5) is 4.79 Å². The summed E-state index contributed by atoms with van der Waals surface area (Å²) in [5.74, 6) is 0. The predicted octanol–water partition coefficient (Wildman–Crippen LogP) is 2.05. The Morgan fingerprint density at radius 3 is 2.00 bits per heavy atom. The summed E-state index contributed by atoms with van der Waals surface area (Å²) >= 11 is 3.70. The predicted molar refractivity (Wildman–Crippen MR) is 65.7 cm³/mol. The number of likely N-dealkylation sites (tertiary alicyclic amines) is 1. The molecule has 15 heavy (non-hydrogen) atoms. The fraction of sp³-hybridized carbons (Fsp3) is 0.900. The van der Waals surface area contributed by atoms with Crippen LogP contribution in [0.15, 0.2) is 0 Å². The van der Waals surface area contributed by atoms with Crippen LogP contribution >= 0.6 is 12.6 Å². The fourth-order valence-corrected chi connectivity index (χ4v) is 1.28. The minimum Gasteiger partial charge on any atom is -0.388 e. The Labute approximate surface area is 98.3 Å². The van der Waals surface area contributed by atoms with Gasteiger partial charge >= 0.3 is 0 Å². The molecular formula is C10H23NO3S. The highest BCUT2D eigenvalue weighted by Crippen LogP contribution is 2.12. The summed E-state index contributed by atoms with van der Waals surface area (Å²) in [7, 11) is 4.91. The van der Waals surface area contributed by atoms with E-state index in [-0.39, 0.29) is 11.3 Å². The molecule has 0 saturated carbocycles. The summed E-state index contributed by atoms with van der Waals surface area (Å²) in [5, 5.41) is -0.153. The van der Waals surface area contributed by atoms with Crippen LogP contribution in [0.25, 0.3) is 0 Å². The summed E-state index contributed by atoms with van der Waals surface area (Å²) in [5.41, 5.74) is 0. The molecule has 1 fully saturated rings. The number of hydrogen-bond acceptors (Lipinski definition) is 3. The first-order chi connectivity index (χ1) is 7.15. The van der Waals surface area contributed by atoms with Gasteiger partial charge in [-0.05, 0) is 6.42 Å². The zero-order valence-corrected chi connectivity index (χ0v) is 11.2. The third kappa shape index (κ3) is 8.72. The van der Waals surface area contributed by atoms with Crippen LogP contribution in [0.2, 0.25) is 0 Å². The maximum atomic E-state index is 10.6. The van der Waals surface area contributed by atoms with Crippen LogP contribution in [0.5, 0.6) is 0 Å². The molecule has 1 saturated heterocycles. The number of methoxy groups -OCH3 is 2. The first-order valence-corrected chi connectivity index (χ1v) is 5.51. The third-order valence-corrected chi connectivity index (χ3v) is 2.03. The normalized spacial score (nSPS) is 18.5. The van der Waals surface area contributed by atoms with Crippen molar-refractivity contribution in [3.8, 4) is 0 Å². The van der Waals surface area contributed by atoms with Crippen molar-refractivity contribution in [1.82, 2.24) is 4.90 Å². The van der Waals surface area contributed by atoms with E-state index < -0.39 is 0 Å². The average molecular weight is 237 g/mol. The van der Waals surface area contributed by atoms with Gasteiger partial charge in [-0.3, -0.25) is 4.79 Å². The molecule has 0 aromatic carbocycles. The second kappa shape index (κ2) is 11.8. The number of carbonyl (C=O) groups excluding carboxylic acids is 1. The SMILES string of the molecule is CC.COC.COC1CCN(C(=O)S)C1. The van der Waals surface area contributed by atoms with Crippen molar-refractivity contribution in [1.29, 1.82) is 0 Å². The van der Waals surface area contributed by atoms with E-state index in [9.17, 15) is 4.79 Å². The standard InChI is InChI=1S/C6H11NO2S.C2H6O.C2H6/c1-9-5-2-3-7(4-5)6(8)10;1-3-2;1-2/h5H,2-4H2,1H3,(H,8,10);1-2H3;1-2H3. The Balaban J connectivity index is 0. The largest absolute Gasteiger partial charge is 0.388 e. The van der Waals surface area contributed by atoms with E-state index in [0.717, 1.165) is 13.0 Å². The lowest BCUT2D eigenvalue weighted by molar-refractivity contribution is 0.112. The van der Waals surface area contributed by atoms with E-state index in [1.807, 2.05) is 13.8 Å². The highest BCUT2D eigenvalue weighted by atomic mass is 32.1. The van der Waals surface area contributed by atoms with Gasteiger partial charge in [0.1, 0.15) is 0 Å². The molecule has 0 aromatic rings. The van der Waals surface area contributed by atoms with Gasteiger partial charge in [-0.25, -0.2) is 0 Å². The highest BCUT2D eigenvalue weighted by molar-refractivity contribution is 7.96. The molecule has 1 atom stereocenters. The summed E-state index contributed by atoms with van der Waals surface area (Å²) in [6.45, 7) is 5.47. The van der Waals surface area contributed by atoms with Gasteiger partial charge in [0.15, 0.2) is 0 Å². The highest BCUT2D eigenvalue weighted by Gasteiger charge is 2.23. The maximum Gasteiger partial charge on any atom is 0.278 e. The number of thiol groups is 1. The molecule has 0 N–H and O–H groups in total. The van der Waals surface area contributed by atoms with Gasteiger partial charge in [0, 0.05) is 34.4 Å². The van der Waals surface area contributed by atoms with Crippen LogP contribution in [-0.2, 0) is 9.47 Å². The number of nitrogens with zero attached hydrogens (tertiary/aromatic N) is 1. The zero-order chi connectivity index (χ0) is 12.3. The van der Waals surface area contributed by atoms with Crippen molar-refractivity contribution >= 4 is 17.9 Å². The second-order valence-electron chi connectivity index (χ2n) is 2.78. The Hall–Kier alpha value is -0.260. The van der Waals surface area contributed by atoms with Crippen molar-refractivity contribution < 1.29 is 14.3 Å². The van der Waals surface area contributed by atoms with Gasteiger partial charge in [-0.2, -0.15) is 0 Å². The third-order valence-electron chi connectivity index (χ3n) is 1.75. The van der Waals surface area contributed by atoms with E-state index in [4.69, 9.17) is 4.74 Å². The smallest absolute Gasteiger partial charge is 0.278 e. The molecule has 4 nitrogen and oxygen atoms in total. The minimum absolute atomic E-state index is 0.153. The number of amides is 1. The van der Waals surface area contributed by atoms with E-state index in [2.05, 4.69) is 17.4 Å². The molecule has 0 bridgehead atoms. The quantitative estimate of drug-likeness (QED) is 0.709. The fourth-order valence-electron chi connectivity index (χ4n) is 1.09. The summed E-state index contributed by atoms with van der Waals surface area (Å²) in [4.78, 5) is 12.3. The molecular weight excluding hydrogens is 214 g/mol. The van der Waals surface area contributed by atoms with Crippen LogP contribution in [-0.4, -0.2) is 50.7 Å². The Bertz CT molecular complexity index is 156.